The lowest BCUT2D eigenvalue weighted by Crippen LogP contribution is -2.27. The number of rotatable bonds is 6. The summed E-state index contributed by atoms with van der Waals surface area (Å²) in [5.41, 5.74) is 4.98. The quantitative estimate of drug-likeness (QED) is 0.514. The molecule has 4 heteroatoms. The number of para-hydroxylation sites is 1. The molecule has 0 spiro atoms. The summed E-state index contributed by atoms with van der Waals surface area (Å²) in [5.74, 6) is -0.0625. The van der Waals surface area contributed by atoms with Gasteiger partial charge in [0.2, 0.25) is 0 Å². The van der Waals surface area contributed by atoms with E-state index in [1.807, 2.05) is 24.3 Å². The second-order valence-electron chi connectivity index (χ2n) is 7.11. The van der Waals surface area contributed by atoms with E-state index in [0.29, 0.717) is 12.5 Å². The number of nitriles is 1. The molecule has 28 heavy (non-hydrogen) atoms. The third-order valence-electron chi connectivity index (χ3n) is 4.98. The molecule has 0 amide bonds. The Morgan fingerprint density at radius 1 is 1.18 bits per heavy atom. The first-order chi connectivity index (χ1) is 13.6. The third kappa shape index (κ3) is 4.55. The van der Waals surface area contributed by atoms with Gasteiger partial charge >= 0.3 is 0 Å². The van der Waals surface area contributed by atoms with Crippen molar-refractivity contribution < 1.29 is 0 Å². The van der Waals surface area contributed by atoms with Crippen molar-refractivity contribution in [3.05, 3.63) is 78.0 Å². The van der Waals surface area contributed by atoms with Crippen molar-refractivity contribution >= 4 is 17.1 Å². The molecule has 0 fully saturated rings. The van der Waals surface area contributed by atoms with Crippen molar-refractivity contribution in [3.63, 3.8) is 0 Å². The number of hydrogen-bond acceptors (Lipinski definition) is 4. The van der Waals surface area contributed by atoms with Crippen molar-refractivity contribution in [3.8, 4) is 6.07 Å². The predicted molar refractivity (Wildman–Crippen MR) is 115 cm³/mol. The Morgan fingerprint density at radius 3 is 2.61 bits per heavy atom. The zero-order valence-electron chi connectivity index (χ0n) is 16.7. The second kappa shape index (κ2) is 9.14. The van der Waals surface area contributed by atoms with Gasteiger partial charge in [0.15, 0.2) is 0 Å². The monoisotopic (exact) mass is 370 g/mol. The van der Waals surface area contributed by atoms with Crippen LogP contribution >= 0.6 is 0 Å². The molecule has 4 nitrogen and oxygen atoms in total. The van der Waals surface area contributed by atoms with E-state index in [1.165, 1.54) is 0 Å². The average Bonchev–Trinajstić information content (AvgIpc) is 2.74. The van der Waals surface area contributed by atoms with Crippen molar-refractivity contribution in [1.29, 1.82) is 5.26 Å². The van der Waals surface area contributed by atoms with Crippen molar-refractivity contribution in [2.75, 3.05) is 4.90 Å². The van der Waals surface area contributed by atoms with Crippen LogP contribution < -0.4 is 4.90 Å². The predicted octanol–water partition coefficient (Wildman–Crippen LogP) is 7.00. The van der Waals surface area contributed by atoms with Gasteiger partial charge in [0.25, 0.3) is 0 Å². The molecule has 3 rings (SSSR count). The van der Waals surface area contributed by atoms with E-state index >= 15 is 0 Å². The maximum Gasteiger partial charge on any atom is 0.110 e. The Hall–Kier alpha value is -3.19. The molecular weight excluding hydrogens is 344 g/mol. The van der Waals surface area contributed by atoms with Crippen LogP contribution in [0.25, 0.3) is 0 Å². The van der Waals surface area contributed by atoms with Crippen LogP contribution in [0.4, 0.5) is 17.1 Å². The van der Waals surface area contributed by atoms with Crippen LogP contribution in [-0.2, 0) is 0 Å². The SMILES string of the molecule is CCC(C)N(c1ccccc1)c1ccc(C)cc1N=NC1=CCC(C#N)C=C1. The normalized spacial score (nSPS) is 17.2. The summed E-state index contributed by atoms with van der Waals surface area (Å²) in [5, 5.41) is 18.0. The van der Waals surface area contributed by atoms with Crippen LogP contribution in [0.1, 0.15) is 32.3 Å². The first-order valence-corrected chi connectivity index (χ1v) is 9.77. The zero-order valence-corrected chi connectivity index (χ0v) is 16.7. The molecule has 0 saturated carbocycles. The summed E-state index contributed by atoms with van der Waals surface area (Å²) in [7, 11) is 0. The molecule has 0 saturated heterocycles. The Morgan fingerprint density at radius 2 is 1.96 bits per heavy atom. The minimum Gasteiger partial charge on any atom is -0.337 e. The molecule has 2 aromatic carbocycles. The summed E-state index contributed by atoms with van der Waals surface area (Å²) in [6, 6.07) is 19.3. The van der Waals surface area contributed by atoms with Crippen LogP contribution in [0.15, 0.2) is 82.7 Å². The number of azo groups is 1. The summed E-state index contributed by atoms with van der Waals surface area (Å²) in [4.78, 5) is 2.32. The first-order valence-electron chi connectivity index (χ1n) is 9.77. The first kappa shape index (κ1) is 19.6. The van der Waals surface area contributed by atoms with Crippen LogP contribution in [-0.4, -0.2) is 6.04 Å². The van der Waals surface area contributed by atoms with Crippen LogP contribution in [0.5, 0.6) is 0 Å². The van der Waals surface area contributed by atoms with E-state index in [4.69, 9.17) is 5.26 Å². The molecule has 2 aromatic rings. The molecule has 0 N–H and O–H groups in total. The summed E-state index contributed by atoms with van der Waals surface area (Å²) < 4.78 is 0. The number of hydrogen-bond donors (Lipinski definition) is 0. The van der Waals surface area contributed by atoms with E-state index < -0.39 is 0 Å². The van der Waals surface area contributed by atoms with Gasteiger partial charge in [-0.1, -0.05) is 43.3 Å². The molecule has 2 unspecified atom stereocenters. The second-order valence-corrected chi connectivity index (χ2v) is 7.11. The summed E-state index contributed by atoms with van der Waals surface area (Å²) >= 11 is 0. The topological polar surface area (TPSA) is 51.8 Å². The van der Waals surface area contributed by atoms with Gasteiger partial charge in [-0.25, -0.2) is 0 Å². The van der Waals surface area contributed by atoms with E-state index in [9.17, 15) is 0 Å². The van der Waals surface area contributed by atoms with Crippen LogP contribution in [0.3, 0.4) is 0 Å². The van der Waals surface area contributed by atoms with Crippen LogP contribution in [0, 0.1) is 24.2 Å². The molecule has 2 atom stereocenters. The zero-order chi connectivity index (χ0) is 19.9. The standard InChI is InChI=1S/C24H26N4/c1-4-19(3)28(22-8-6-5-7-9-22)24-15-10-18(2)16-23(24)27-26-21-13-11-20(17-25)12-14-21/h5-11,13-16,19-20H,4,12H2,1-3H3. The van der Waals surface area contributed by atoms with Gasteiger partial charge in [-0.15, -0.1) is 5.11 Å². The molecule has 0 aromatic heterocycles. The lowest BCUT2D eigenvalue weighted by molar-refractivity contribution is 0.688. The minimum atomic E-state index is -0.0625. The fourth-order valence-electron chi connectivity index (χ4n) is 3.21. The number of aryl methyl sites for hydroxylation is 1. The molecule has 1 aliphatic carbocycles. The van der Waals surface area contributed by atoms with Crippen LogP contribution in [0.2, 0.25) is 0 Å². The molecule has 1 aliphatic rings. The van der Waals surface area contributed by atoms with Gasteiger partial charge in [-0.05, 0) is 62.6 Å². The van der Waals surface area contributed by atoms with Crippen molar-refractivity contribution in [1.82, 2.24) is 0 Å². The smallest absolute Gasteiger partial charge is 0.110 e. The van der Waals surface area contributed by atoms with Crippen molar-refractivity contribution in [2.24, 2.45) is 16.1 Å². The van der Waals surface area contributed by atoms with E-state index in [1.54, 1.807) is 0 Å². The number of allylic oxidation sites excluding steroid dienone is 3. The Balaban J connectivity index is 1.98. The highest BCUT2D eigenvalue weighted by Gasteiger charge is 2.18. The Bertz CT molecular complexity index is 935. The van der Waals surface area contributed by atoms with E-state index in [0.717, 1.165) is 34.7 Å². The maximum atomic E-state index is 9.01. The molecule has 0 aliphatic heterocycles. The Labute approximate surface area is 167 Å². The highest BCUT2D eigenvalue weighted by molar-refractivity contribution is 5.75. The van der Waals surface area contributed by atoms with Gasteiger partial charge < -0.3 is 4.90 Å². The molecule has 142 valence electrons. The lowest BCUT2D eigenvalue weighted by Gasteiger charge is -2.31. The van der Waals surface area contributed by atoms with Gasteiger partial charge in [-0.3, -0.25) is 0 Å². The largest absolute Gasteiger partial charge is 0.337 e. The number of benzene rings is 2. The number of anilines is 2. The van der Waals surface area contributed by atoms with Crippen molar-refractivity contribution in [2.45, 2.75) is 39.7 Å². The van der Waals surface area contributed by atoms with Gasteiger partial charge in [-0.2, -0.15) is 10.4 Å². The fraction of sp³-hybridized carbons (Fsp3) is 0.292. The third-order valence-corrected chi connectivity index (χ3v) is 4.98. The molecule has 0 bridgehead atoms. The van der Waals surface area contributed by atoms with Gasteiger partial charge in [0, 0.05) is 11.7 Å². The molecular formula is C24H26N4. The molecule has 0 radical (unpaired) electrons. The summed E-state index contributed by atoms with van der Waals surface area (Å²) in [6.45, 7) is 6.48. The lowest BCUT2D eigenvalue weighted by atomic mass is 10.0. The average molecular weight is 371 g/mol. The van der Waals surface area contributed by atoms with E-state index in [2.05, 4.69) is 84.4 Å². The maximum absolute atomic E-state index is 9.01. The van der Waals surface area contributed by atoms with E-state index in [-0.39, 0.29) is 5.92 Å². The number of nitrogens with zero attached hydrogens (tertiary/aromatic N) is 4. The molecule has 0 heterocycles. The summed E-state index contributed by atoms with van der Waals surface area (Å²) in [6.07, 6.45) is 7.44. The van der Waals surface area contributed by atoms with Gasteiger partial charge in [0.1, 0.15) is 5.69 Å². The fourth-order valence-corrected chi connectivity index (χ4v) is 3.21. The van der Waals surface area contributed by atoms with Gasteiger partial charge in [0.05, 0.1) is 23.4 Å². The minimum absolute atomic E-state index is 0.0625. The highest BCUT2D eigenvalue weighted by atomic mass is 15.2. The Kier molecular flexibility index (Phi) is 6.39. The highest BCUT2D eigenvalue weighted by Crippen LogP contribution is 2.37.